The van der Waals surface area contributed by atoms with Crippen molar-refractivity contribution in [2.24, 2.45) is 11.7 Å². The fourth-order valence-electron chi connectivity index (χ4n) is 1.99. The molecular formula is C15H24ClFN2O. The Balaban J connectivity index is 0.00000361. The molecule has 0 radical (unpaired) electrons. The molecule has 1 aromatic rings. The van der Waals surface area contributed by atoms with Gasteiger partial charge in [-0.15, -0.1) is 12.4 Å². The van der Waals surface area contributed by atoms with Gasteiger partial charge in [0.05, 0.1) is 0 Å². The summed E-state index contributed by atoms with van der Waals surface area (Å²) in [4.78, 5) is 11.8. The fraction of sp³-hybridized carbons (Fsp3) is 0.533. The third-order valence-electron chi connectivity index (χ3n) is 2.96. The van der Waals surface area contributed by atoms with Crippen LogP contribution < -0.4 is 11.1 Å². The summed E-state index contributed by atoms with van der Waals surface area (Å²) in [5.74, 6) is 0.250. The van der Waals surface area contributed by atoms with E-state index < -0.39 is 0 Å². The van der Waals surface area contributed by atoms with Crippen LogP contribution in [0, 0.1) is 11.7 Å². The van der Waals surface area contributed by atoms with Crippen molar-refractivity contribution < 1.29 is 9.18 Å². The highest BCUT2D eigenvalue weighted by molar-refractivity contribution is 5.85. The highest BCUT2D eigenvalue weighted by Gasteiger charge is 2.12. The Morgan fingerprint density at radius 1 is 1.30 bits per heavy atom. The van der Waals surface area contributed by atoms with Crippen LogP contribution in [0.25, 0.3) is 0 Å². The van der Waals surface area contributed by atoms with E-state index in [1.54, 1.807) is 12.1 Å². The maximum Gasteiger partial charge on any atom is 0.220 e. The first-order valence-electron chi connectivity index (χ1n) is 6.75. The van der Waals surface area contributed by atoms with Gasteiger partial charge in [0.15, 0.2) is 0 Å². The number of rotatable bonds is 7. The monoisotopic (exact) mass is 302 g/mol. The second-order valence-corrected chi connectivity index (χ2v) is 5.26. The van der Waals surface area contributed by atoms with Crippen LogP contribution in [0.3, 0.4) is 0 Å². The molecule has 20 heavy (non-hydrogen) atoms. The Morgan fingerprint density at radius 3 is 2.40 bits per heavy atom. The third kappa shape index (κ3) is 7.46. The number of hydrogen-bond acceptors (Lipinski definition) is 2. The van der Waals surface area contributed by atoms with E-state index in [1.807, 2.05) is 0 Å². The van der Waals surface area contributed by atoms with Crippen LogP contribution in [0.15, 0.2) is 24.3 Å². The molecule has 0 aliphatic rings. The van der Waals surface area contributed by atoms with Crippen molar-refractivity contribution >= 4 is 18.3 Å². The van der Waals surface area contributed by atoms with E-state index >= 15 is 0 Å². The van der Waals surface area contributed by atoms with Gasteiger partial charge in [-0.05, 0) is 36.5 Å². The summed E-state index contributed by atoms with van der Waals surface area (Å²) in [5, 5.41) is 2.94. The van der Waals surface area contributed by atoms with Gasteiger partial charge in [-0.1, -0.05) is 26.0 Å². The third-order valence-corrected chi connectivity index (χ3v) is 2.96. The molecule has 114 valence electrons. The van der Waals surface area contributed by atoms with Crippen molar-refractivity contribution in [2.45, 2.75) is 39.2 Å². The van der Waals surface area contributed by atoms with E-state index in [9.17, 15) is 9.18 Å². The summed E-state index contributed by atoms with van der Waals surface area (Å²) in [6.45, 7) is 4.67. The van der Waals surface area contributed by atoms with Gasteiger partial charge in [0, 0.05) is 19.0 Å². The Bertz CT molecular complexity index is 395. The molecule has 1 atom stereocenters. The molecule has 1 unspecified atom stereocenters. The summed E-state index contributed by atoms with van der Waals surface area (Å²) in [6.07, 6.45) is 1.91. The van der Waals surface area contributed by atoms with Crippen LogP contribution in [-0.4, -0.2) is 18.5 Å². The molecule has 0 spiro atoms. The highest BCUT2D eigenvalue weighted by atomic mass is 35.5. The molecule has 0 aliphatic heterocycles. The SMILES string of the molecule is CC(C)CC(CN)NC(=O)CCc1ccc(F)cc1.Cl. The number of nitrogens with two attached hydrogens (primary N) is 1. The first-order chi connectivity index (χ1) is 9.01. The summed E-state index contributed by atoms with van der Waals surface area (Å²) >= 11 is 0. The van der Waals surface area contributed by atoms with Crippen LogP contribution in [0.5, 0.6) is 0 Å². The van der Waals surface area contributed by atoms with E-state index in [0.717, 1.165) is 12.0 Å². The van der Waals surface area contributed by atoms with Gasteiger partial charge in [0.1, 0.15) is 5.82 Å². The van der Waals surface area contributed by atoms with E-state index in [4.69, 9.17) is 5.73 Å². The fourth-order valence-corrected chi connectivity index (χ4v) is 1.99. The normalized spacial score (nSPS) is 11.8. The molecule has 5 heteroatoms. The number of hydrogen-bond donors (Lipinski definition) is 2. The second kappa shape index (κ2) is 9.72. The number of benzene rings is 1. The number of nitrogens with one attached hydrogen (secondary N) is 1. The minimum atomic E-state index is -0.256. The van der Waals surface area contributed by atoms with Crippen LogP contribution in [-0.2, 0) is 11.2 Å². The Morgan fingerprint density at radius 2 is 1.90 bits per heavy atom. The minimum absolute atomic E-state index is 0. The molecule has 0 heterocycles. The van der Waals surface area contributed by atoms with E-state index in [0.29, 0.717) is 25.3 Å². The lowest BCUT2D eigenvalue weighted by molar-refractivity contribution is -0.121. The van der Waals surface area contributed by atoms with Gasteiger partial charge in [0.25, 0.3) is 0 Å². The molecule has 1 amide bonds. The predicted octanol–water partition coefficient (Wildman–Crippen LogP) is 2.67. The lowest BCUT2D eigenvalue weighted by atomic mass is 10.0. The first kappa shape index (κ1) is 18.9. The second-order valence-electron chi connectivity index (χ2n) is 5.26. The van der Waals surface area contributed by atoms with Gasteiger partial charge in [-0.25, -0.2) is 4.39 Å². The number of amides is 1. The molecule has 1 aromatic carbocycles. The Labute approximate surface area is 126 Å². The maximum atomic E-state index is 12.7. The zero-order valence-corrected chi connectivity index (χ0v) is 12.9. The van der Waals surface area contributed by atoms with Crippen molar-refractivity contribution in [2.75, 3.05) is 6.54 Å². The number of aryl methyl sites for hydroxylation is 1. The van der Waals surface area contributed by atoms with Crippen molar-refractivity contribution in [3.63, 3.8) is 0 Å². The highest BCUT2D eigenvalue weighted by Crippen LogP contribution is 2.07. The molecule has 0 aromatic heterocycles. The predicted molar refractivity (Wildman–Crippen MR) is 82.4 cm³/mol. The van der Waals surface area contributed by atoms with Crippen molar-refractivity contribution in [1.82, 2.24) is 5.32 Å². The summed E-state index contributed by atoms with van der Waals surface area (Å²) < 4.78 is 12.7. The van der Waals surface area contributed by atoms with Crippen LogP contribution in [0.4, 0.5) is 4.39 Å². The molecule has 3 nitrogen and oxygen atoms in total. The topological polar surface area (TPSA) is 55.1 Å². The van der Waals surface area contributed by atoms with Crippen LogP contribution in [0.1, 0.15) is 32.3 Å². The number of carbonyl (C=O) groups is 1. The summed E-state index contributed by atoms with van der Waals surface area (Å²) in [5.41, 5.74) is 6.60. The molecular weight excluding hydrogens is 279 g/mol. The van der Waals surface area contributed by atoms with Gasteiger partial charge < -0.3 is 11.1 Å². The number of carbonyl (C=O) groups excluding carboxylic acids is 1. The molecule has 1 rings (SSSR count). The maximum absolute atomic E-state index is 12.7. The lowest BCUT2D eigenvalue weighted by Crippen LogP contribution is -2.41. The van der Waals surface area contributed by atoms with Crippen molar-refractivity contribution in [3.8, 4) is 0 Å². The molecule has 0 bridgehead atoms. The smallest absolute Gasteiger partial charge is 0.220 e. The molecule has 0 aliphatic carbocycles. The molecule has 0 saturated heterocycles. The Hall–Kier alpha value is -1.13. The van der Waals surface area contributed by atoms with Gasteiger partial charge >= 0.3 is 0 Å². The van der Waals surface area contributed by atoms with Gasteiger partial charge in [-0.2, -0.15) is 0 Å². The minimum Gasteiger partial charge on any atom is -0.352 e. The van der Waals surface area contributed by atoms with Gasteiger partial charge in [0.2, 0.25) is 5.91 Å². The van der Waals surface area contributed by atoms with Crippen molar-refractivity contribution in [1.29, 1.82) is 0 Å². The quantitative estimate of drug-likeness (QED) is 0.813. The standard InChI is InChI=1S/C15H23FN2O.ClH/c1-11(2)9-14(10-17)18-15(19)8-5-12-3-6-13(16)7-4-12;/h3-4,6-7,11,14H,5,8-10,17H2,1-2H3,(H,18,19);1H. The van der Waals surface area contributed by atoms with Gasteiger partial charge in [-0.3, -0.25) is 4.79 Å². The average Bonchev–Trinajstić information content (AvgIpc) is 2.36. The van der Waals surface area contributed by atoms with E-state index in [2.05, 4.69) is 19.2 Å². The zero-order valence-electron chi connectivity index (χ0n) is 12.1. The number of halogens is 2. The average molecular weight is 303 g/mol. The molecule has 3 N–H and O–H groups in total. The first-order valence-corrected chi connectivity index (χ1v) is 6.75. The van der Waals surface area contributed by atoms with Crippen molar-refractivity contribution in [3.05, 3.63) is 35.6 Å². The van der Waals surface area contributed by atoms with Crippen LogP contribution in [0.2, 0.25) is 0 Å². The summed E-state index contributed by atoms with van der Waals surface area (Å²) in [6, 6.07) is 6.28. The molecule has 0 fully saturated rings. The summed E-state index contributed by atoms with van der Waals surface area (Å²) in [7, 11) is 0. The largest absolute Gasteiger partial charge is 0.352 e. The zero-order chi connectivity index (χ0) is 14.3. The van der Waals surface area contributed by atoms with Crippen LogP contribution >= 0.6 is 12.4 Å². The lowest BCUT2D eigenvalue weighted by Gasteiger charge is -2.18. The Kier molecular flexibility index (Phi) is 9.17. The molecule has 0 saturated carbocycles. The van der Waals surface area contributed by atoms with E-state index in [-0.39, 0.29) is 30.2 Å². The van der Waals surface area contributed by atoms with E-state index in [1.165, 1.54) is 12.1 Å².